The Kier molecular flexibility index (Phi) is 4.90. The zero-order chi connectivity index (χ0) is 17.3. The molecule has 1 N–H and O–H groups in total. The first-order chi connectivity index (χ1) is 11.5. The Hall–Kier alpha value is -1.88. The normalized spacial score (nSPS) is 24.0. The third-order valence-corrected chi connectivity index (χ3v) is 5.39. The summed E-state index contributed by atoms with van der Waals surface area (Å²) in [4.78, 5) is 29.1. The largest absolute Gasteiger partial charge is 0.352 e. The van der Waals surface area contributed by atoms with Crippen LogP contribution in [0.15, 0.2) is 29.3 Å². The molecule has 3 unspecified atom stereocenters. The first-order valence-corrected chi connectivity index (χ1v) is 8.77. The van der Waals surface area contributed by atoms with Gasteiger partial charge in [0.1, 0.15) is 6.54 Å². The molecular formula is C18H22ClN3O2. The molecule has 1 heterocycles. The molecule has 1 saturated carbocycles. The number of amides is 1. The van der Waals surface area contributed by atoms with Gasteiger partial charge in [-0.2, -0.15) is 0 Å². The van der Waals surface area contributed by atoms with Crippen molar-refractivity contribution < 1.29 is 4.79 Å². The smallest absolute Gasteiger partial charge is 0.261 e. The van der Waals surface area contributed by atoms with E-state index >= 15 is 0 Å². The molecule has 5 nitrogen and oxygen atoms in total. The van der Waals surface area contributed by atoms with Crippen LogP contribution in [0.25, 0.3) is 10.9 Å². The van der Waals surface area contributed by atoms with E-state index in [0.717, 1.165) is 12.8 Å². The minimum atomic E-state index is -0.247. The van der Waals surface area contributed by atoms with Crippen molar-refractivity contribution in [3.05, 3.63) is 39.9 Å². The Balaban J connectivity index is 1.76. The lowest BCUT2D eigenvalue weighted by molar-refractivity contribution is -0.123. The molecule has 128 valence electrons. The van der Waals surface area contributed by atoms with Gasteiger partial charge < -0.3 is 5.32 Å². The summed E-state index contributed by atoms with van der Waals surface area (Å²) in [5.74, 6) is 0.912. The van der Waals surface area contributed by atoms with E-state index in [1.54, 1.807) is 18.2 Å². The maximum atomic E-state index is 12.5. The van der Waals surface area contributed by atoms with Crippen molar-refractivity contribution in [3.63, 3.8) is 0 Å². The van der Waals surface area contributed by atoms with Crippen molar-refractivity contribution >= 4 is 28.4 Å². The molecule has 2 aromatic rings. The zero-order valence-corrected chi connectivity index (χ0v) is 14.7. The van der Waals surface area contributed by atoms with E-state index in [4.69, 9.17) is 11.6 Å². The first kappa shape index (κ1) is 17.0. The summed E-state index contributed by atoms with van der Waals surface area (Å²) in [7, 11) is 0. The Bertz CT molecular complexity index is 818. The average Bonchev–Trinajstić information content (AvgIpc) is 2.55. The fourth-order valence-corrected chi connectivity index (χ4v) is 3.61. The number of carbonyl (C=O) groups is 1. The van der Waals surface area contributed by atoms with Crippen LogP contribution >= 0.6 is 11.6 Å². The Morgan fingerprint density at radius 3 is 2.96 bits per heavy atom. The molecule has 1 aromatic heterocycles. The molecule has 1 aliphatic rings. The number of hydrogen-bond donors (Lipinski definition) is 1. The SMILES string of the molecule is CC1CCCC(NC(=O)Cn2cnc3ccc(Cl)cc3c2=O)C1C. The van der Waals surface area contributed by atoms with Gasteiger partial charge in [-0.3, -0.25) is 14.2 Å². The van der Waals surface area contributed by atoms with Crippen molar-refractivity contribution in [1.29, 1.82) is 0 Å². The van der Waals surface area contributed by atoms with Gasteiger partial charge in [-0.25, -0.2) is 4.98 Å². The monoisotopic (exact) mass is 347 g/mol. The Morgan fingerprint density at radius 2 is 2.17 bits per heavy atom. The van der Waals surface area contributed by atoms with E-state index in [1.807, 2.05) is 0 Å². The molecule has 0 aliphatic heterocycles. The van der Waals surface area contributed by atoms with E-state index in [-0.39, 0.29) is 24.1 Å². The molecule has 0 saturated heterocycles. The summed E-state index contributed by atoms with van der Waals surface area (Å²) in [6, 6.07) is 5.17. The lowest BCUT2D eigenvalue weighted by atomic mass is 9.78. The van der Waals surface area contributed by atoms with Gasteiger partial charge in [0.2, 0.25) is 5.91 Å². The van der Waals surface area contributed by atoms with Crippen LogP contribution < -0.4 is 10.9 Å². The van der Waals surface area contributed by atoms with Gasteiger partial charge in [0, 0.05) is 11.1 Å². The van der Waals surface area contributed by atoms with Gasteiger partial charge >= 0.3 is 0 Å². The van der Waals surface area contributed by atoms with Crippen LogP contribution in [0.5, 0.6) is 0 Å². The van der Waals surface area contributed by atoms with Gasteiger partial charge in [-0.1, -0.05) is 38.3 Å². The van der Waals surface area contributed by atoms with E-state index < -0.39 is 0 Å². The molecule has 3 atom stereocenters. The van der Waals surface area contributed by atoms with Gasteiger partial charge in [0.15, 0.2) is 0 Å². The summed E-state index contributed by atoms with van der Waals surface area (Å²) < 4.78 is 1.34. The average molecular weight is 348 g/mol. The van der Waals surface area contributed by atoms with Crippen LogP contribution in [0, 0.1) is 11.8 Å². The van der Waals surface area contributed by atoms with Crippen LogP contribution in [0.4, 0.5) is 0 Å². The van der Waals surface area contributed by atoms with Crippen molar-refractivity contribution in [2.24, 2.45) is 11.8 Å². The minimum absolute atomic E-state index is 0.0219. The lowest BCUT2D eigenvalue weighted by Crippen LogP contribution is -2.45. The molecular weight excluding hydrogens is 326 g/mol. The quantitative estimate of drug-likeness (QED) is 0.928. The second-order valence-corrected chi connectivity index (χ2v) is 7.22. The van der Waals surface area contributed by atoms with Gasteiger partial charge in [0.25, 0.3) is 5.56 Å². The van der Waals surface area contributed by atoms with E-state index in [2.05, 4.69) is 24.1 Å². The molecule has 0 bridgehead atoms. The predicted octanol–water partition coefficient (Wildman–Crippen LogP) is 2.99. The highest BCUT2D eigenvalue weighted by molar-refractivity contribution is 6.31. The molecule has 3 rings (SSSR count). The lowest BCUT2D eigenvalue weighted by Gasteiger charge is -2.34. The standard InChI is InChI=1S/C18H22ClN3O2/c1-11-4-3-5-15(12(11)2)21-17(23)9-22-10-20-16-7-6-13(19)8-14(16)18(22)24/h6-8,10-12,15H,3-5,9H2,1-2H3,(H,21,23). The maximum Gasteiger partial charge on any atom is 0.261 e. The summed E-state index contributed by atoms with van der Waals surface area (Å²) in [6.45, 7) is 4.39. The highest BCUT2D eigenvalue weighted by atomic mass is 35.5. The molecule has 1 aromatic carbocycles. The minimum Gasteiger partial charge on any atom is -0.352 e. The van der Waals surface area contributed by atoms with Crippen LogP contribution in [0.3, 0.4) is 0 Å². The second kappa shape index (κ2) is 6.93. The van der Waals surface area contributed by atoms with Crippen LogP contribution in [-0.2, 0) is 11.3 Å². The molecule has 1 fully saturated rings. The van der Waals surface area contributed by atoms with E-state index in [1.165, 1.54) is 17.3 Å². The van der Waals surface area contributed by atoms with Crippen molar-refractivity contribution in [2.45, 2.75) is 45.7 Å². The summed E-state index contributed by atoms with van der Waals surface area (Å²) in [5.41, 5.74) is 0.332. The van der Waals surface area contributed by atoms with Crippen molar-refractivity contribution in [2.75, 3.05) is 0 Å². The zero-order valence-electron chi connectivity index (χ0n) is 14.0. The van der Waals surface area contributed by atoms with Crippen LogP contribution in [-0.4, -0.2) is 21.5 Å². The highest BCUT2D eigenvalue weighted by Gasteiger charge is 2.28. The number of halogens is 1. The topological polar surface area (TPSA) is 64.0 Å². The fraction of sp³-hybridized carbons (Fsp3) is 0.500. The third kappa shape index (κ3) is 3.46. The summed E-state index contributed by atoms with van der Waals surface area (Å²) in [5, 5.41) is 3.99. The molecule has 0 spiro atoms. The van der Waals surface area contributed by atoms with Gasteiger partial charge in [0.05, 0.1) is 17.2 Å². The number of aromatic nitrogens is 2. The number of benzene rings is 1. The predicted molar refractivity (Wildman–Crippen MR) is 95.1 cm³/mol. The first-order valence-electron chi connectivity index (χ1n) is 8.40. The van der Waals surface area contributed by atoms with E-state index in [9.17, 15) is 9.59 Å². The molecule has 0 radical (unpaired) electrons. The second-order valence-electron chi connectivity index (χ2n) is 6.78. The molecule has 24 heavy (non-hydrogen) atoms. The fourth-order valence-electron chi connectivity index (χ4n) is 3.44. The number of nitrogens with zero attached hydrogens (tertiary/aromatic N) is 2. The van der Waals surface area contributed by atoms with Crippen molar-refractivity contribution in [3.8, 4) is 0 Å². The Labute approximate surface area is 146 Å². The van der Waals surface area contributed by atoms with Gasteiger partial charge in [-0.05, 0) is 36.5 Å². The number of nitrogens with one attached hydrogen (secondary N) is 1. The number of hydrogen-bond acceptors (Lipinski definition) is 3. The van der Waals surface area contributed by atoms with E-state index in [0.29, 0.717) is 27.8 Å². The highest BCUT2D eigenvalue weighted by Crippen LogP contribution is 2.29. The maximum absolute atomic E-state index is 12.5. The summed E-state index contributed by atoms with van der Waals surface area (Å²) in [6.07, 6.45) is 4.76. The van der Waals surface area contributed by atoms with Gasteiger partial charge in [-0.15, -0.1) is 0 Å². The van der Waals surface area contributed by atoms with Crippen LogP contribution in [0.2, 0.25) is 5.02 Å². The number of fused-ring (bicyclic) bond motifs is 1. The molecule has 1 amide bonds. The number of rotatable bonds is 3. The molecule has 1 aliphatic carbocycles. The number of carbonyl (C=O) groups excluding carboxylic acids is 1. The Morgan fingerprint density at radius 1 is 1.38 bits per heavy atom. The third-order valence-electron chi connectivity index (χ3n) is 5.15. The van der Waals surface area contributed by atoms with Crippen molar-refractivity contribution in [1.82, 2.24) is 14.9 Å². The summed E-state index contributed by atoms with van der Waals surface area (Å²) >= 11 is 5.95. The molecule has 6 heteroatoms. The van der Waals surface area contributed by atoms with Crippen LogP contribution in [0.1, 0.15) is 33.1 Å².